The zero-order valence-electron chi connectivity index (χ0n) is 10.2. The first kappa shape index (κ1) is 13.0. The van der Waals surface area contributed by atoms with Crippen LogP contribution >= 0.6 is 11.3 Å². The fourth-order valence-electron chi connectivity index (χ4n) is 1.50. The van der Waals surface area contributed by atoms with Gasteiger partial charge in [0.15, 0.2) is 5.13 Å². The zero-order valence-corrected chi connectivity index (χ0v) is 11.0. The standard InChI is InChI=1S/C13H14F2N2S/c1-8(2)6-16-13-17-7-11(18-13)12-9(14)4-3-5-10(12)15/h3-5,7-8H,6H2,1-2H3,(H,16,17). The predicted octanol–water partition coefficient (Wildman–Crippen LogP) is 4.16. The van der Waals surface area contributed by atoms with Crippen LogP contribution in [-0.4, -0.2) is 11.5 Å². The Morgan fingerprint density at radius 1 is 1.28 bits per heavy atom. The summed E-state index contributed by atoms with van der Waals surface area (Å²) in [6.07, 6.45) is 1.49. The SMILES string of the molecule is CC(C)CNc1ncc(-c2c(F)cccc2F)s1. The van der Waals surface area contributed by atoms with Crippen molar-refractivity contribution in [3.05, 3.63) is 36.0 Å². The van der Waals surface area contributed by atoms with E-state index in [2.05, 4.69) is 24.1 Å². The Balaban J connectivity index is 2.24. The van der Waals surface area contributed by atoms with E-state index in [1.54, 1.807) is 0 Å². The van der Waals surface area contributed by atoms with E-state index in [-0.39, 0.29) is 5.56 Å². The number of nitrogens with one attached hydrogen (secondary N) is 1. The molecule has 0 saturated heterocycles. The second-order valence-corrected chi connectivity index (χ2v) is 5.43. The van der Waals surface area contributed by atoms with Gasteiger partial charge in [-0.3, -0.25) is 0 Å². The molecule has 2 aromatic rings. The fraction of sp³-hybridized carbons (Fsp3) is 0.308. The van der Waals surface area contributed by atoms with Gasteiger partial charge in [0.05, 0.1) is 10.4 Å². The van der Waals surface area contributed by atoms with Crippen LogP contribution in [0.1, 0.15) is 13.8 Å². The van der Waals surface area contributed by atoms with Gasteiger partial charge in [0.2, 0.25) is 0 Å². The zero-order chi connectivity index (χ0) is 13.1. The van der Waals surface area contributed by atoms with Crippen LogP contribution in [0.2, 0.25) is 0 Å². The van der Waals surface area contributed by atoms with Crippen LogP contribution in [0.4, 0.5) is 13.9 Å². The molecule has 2 nitrogen and oxygen atoms in total. The number of hydrogen-bond acceptors (Lipinski definition) is 3. The first-order chi connectivity index (χ1) is 8.58. The molecule has 0 aliphatic carbocycles. The molecule has 0 aliphatic heterocycles. The third-order valence-electron chi connectivity index (χ3n) is 2.38. The lowest BCUT2D eigenvalue weighted by Gasteiger charge is -2.04. The monoisotopic (exact) mass is 268 g/mol. The molecular formula is C13H14F2N2S. The van der Waals surface area contributed by atoms with Gasteiger partial charge in [-0.2, -0.15) is 0 Å². The minimum atomic E-state index is -0.561. The highest BCUT2D eigenvalue weighted by molar-refractivity contribution is 7.18. The van der Waals surface area contributed by atoms with Gasteiger partial charge >= 0.3 is 0 Å². The molecule has 0 fully saturated rings. The van der Waals surface area contributed by atoms with Crippen LogP contribution in [0.25, 0.3) is 10.4 Å². The van der Waals surface area contributed by atoms with Crippen LogP contribution in [0.3, 0.4) is 0 Å². The number of halogens is 2. The van der Waals surface area contributed by atoms with Gasteiger partial charge in [0, 0.05) is 12.7 Å². The molecule has 1 aromatic carbocycles. The molecule has 1 heterocycles. The van der Waals surface area contributed by atoms with Gasteiger partial charge < -0.3 is 5.32 Å². The molecule has 96 valence electrons. The second-order valence-electron chi connectivity index (χ2n) is 4.40. The van der Waals surface area contributed by atoms with Crippen molar-refractivity contribution in [3.63, 3.8) is 0 Å². The summed E-state index contributed by atoms with van der Waals surface area (Å²) < 4.78 is 27.2. The fourth-order valence-corrected chi connectivity index (χ4v) is 2.37. The Morgan fingerprint density at radius 3 is 2.56 bits per heavy atom. The molecule has 5 heteroatoms. The van der Waals surface area contributed by atoms with E-state index in [0.29, 0.717) is 15.9 Å². The molecule has 0 aliphatic rings. The highest BCUT2D eigenvalue weighted by Gasteiger charge is 2.13. The summed E-state index contributed by atoms with van der Waals surface area (Å²) in [6, 6.07) is 3.85. The van der Waals surface area contributed by atoms with Crippen LogP contribution in [0.5, 0.6) is 0 Å². The summed E-state index contributed by atoms with van der Waals surface area (Å²) in [5.41, 5.74) is -0.00685. The highest BCUT2D eigenvalue weighted by Crippen LogP contribution is 2.32. The van der Waals surface area contributed by atoms with E-state index in [9.17, 15) is 8.78 Å². The van der Waals surface area contributed by atoms with E-state index >= 15 is 0 Å². The Hall–Kier alpha value is -1.49. The van der Waals surface area contributed by atoms with E-state index in [0.717, 1.165) is 6.54 Å². The lowest BCUT2D eigenvalue weighted by atomic mass is 10.2. The van der Waals surface area contributed by atoms with Gasteiger partial charge in [-0.25, -0.2) is 13.8 Å². The summed E-state index contributed by atoms with van der Waals surface area (Å²) in [7, 11) is 0. The lowest BCUT2D eigenvalue weighted by molar-refractivity contribution is 0.590. The van der Waals surface area contributed by atoms with Crippen molar-refractivity contribution in [1.29, 1.82) is 0 Å². The number of nitrogens with zero attached hydrogens (tertiary/aromatic N) is 1. The maximum Gasteiger partial charge on any atom is 0.183 e. The molecule has 18 heavy (non-hydrogen) atoms. The quantitative estimate of drug-likeness (QED) is 0.900. The molecule has 0 atom stereocenters. The second kappa shape index (κ2) is 5.44. The van der Waals surface area contributed by atoms with Gasteiger partial charge in [-0.1, -0.05) is 31.3 Å². The average Bonchev–Trinajstić information content (AvgIpc) is 2.75. The normalized spacial score (nSPS) is 10.9. The van der Waals surface area contributed by atoms with Crippen molar-refractivity contribution in [2.24, 2.45) is 5.92 Å². The first-order valence-corrected chi connectivity index (χ1v) is 6.53. The van der Waals surface area contributed by atoms with Crippen molar-refractivity contribution in [2.75, 3.05) is 11.9 Å². The molecule has 0 amide bonds. The lowest BCUT2D eigenvalue weighted by Crippen LogP contribution is -2.07. The molecule has 0 bridgehead atoms. The average molecular weight is 268 g/mol. The van der Waals surface area contributed by atoms with E-state index in [1.807, 2.05) is 0 Å². The van der Waals surface area contributed by atoms with E-state index in [1.165, 1.54) is 35.7 Å². The van der Waals surface area contributed by atoms with Gasteiger partial charge in [0.25, 0.3) is 0 Å². The number of aromatic nitrogens is 1. The largest absolute Gasteiger partial charge is 0.361 e. The molecule has 0 radical (unpaired) electrons. The van der Waals surface area contributed by atoms with E-state index in [4.69, 9.17) is 0 Å². The molecule has 0 spiro atoms. The Morgan fingerprint density at radius 2 is 1.94 bits per heavy atom. The molecule has 0 unspecified atom stereocenters. The minimum Gasteiger partial charge on any atom is -0.361 e. The van der Waals surface area contributed by atoms with Crippen molar-refractivity contribution in [1.82, 2.24) is 4.98 Å². The maximum absolute atomic E-state index is 13.6. The smallest absolute Gasteiger partial charge is 0.183 e. The molecule has 1 N–H and O–H groups in total. The summed E-state index contributed by atoms with van der Waals surface area (Å²) >= 11 is 1.25. The predicted molar refractivity (Wildman–Crippen MR) is 70.8 cm³/mol. The Kier molecular flexibility index (Phi) is 3.91. The third kappa shape index (κ3) is 2.85. The Labute approximate surface area is 109 Å². The van der Waals surface area contributed by atoms with Crippen molar-refractivity contribution < 1.29 is 8.78 Å². The van der Waals surface area contributed by atoms with Crippen molar-refractivity contribution >= 4 is 16.5 Å². The molecule has 0 saturated carbocycles. The summed E-state index contributed by atoms with van der Waals surface area (Å²) in [5, 5.41) is 3.82. The summed E-state index contributed by atoms with van der Waals surface area (Å²) in [5.74, 6) is -0.634. The maximum atomic E-state index is 13.6. The van der Waals surface area contributed by atoms with Crippen LogP contribution in [0, 0.1) is 17.6 Å². The van der Waals surface area contributed by atoms with Crippen molar-refractivity contribution in [2.45, 2.75) is 13.8 Å². The summed E-state index contributed by atoms with van der Waals surface area (Å²) in [6.45, 7) is 4.95. The van der Waals surface area contributed by atoms with E-state index < -0.39 is 11.6 Å². The Bertz CT molecular complexity index is 517. The number of thiazole rings is 1. The third-order valence-corrected chi connectivity index (χ3v) is 3.35. The molecular weight excluding hydrogens is 254 g/mol. The van der Waals surface area contributed by atoms with Gasteiger partial charge in [-0.05, 0) is 18.1 Å². The first-order valence-electron chi connectivity index (χ1n) is 5.72. The minimum absolute atomic E-state index is 0.00685. The van der Waals surface area contributed by atoms with Crippen molar-refractivity contribution in [3.8, 4) is 10.4 Å². The topological polar surface area (TPSA) is 24.9 Å². The van der Waals surface area contributed by atoms with Crippen LogP contribution < -0.4 is 5.32 Å². The van der Waals surface area contributed by atoms with Crippen LogP contribution in [-0.2, 0) is 0 Å². The number of benzene rings is 1. The number of anilines is 1. The molecule has 1 aromatic heterocycles. The van der Waals surface area contributed by atoms with Crippen LogP contribution in [0.15, 0.2) is 24.4 Å². The number of hydrogen-bond donors (Lipinski definition) is 1. The van der Waals surface area contributed by atoms with Gasteiger partial charge in [-0.15, -0.1) is 0 Å². The van der Waals surface area contributed by atoms with Gasteiger partial charge in [0.1, 0.15) is 11.6 Å². The summed E-state index contributed by atoms with van der Waals surface area (Å²) in [4.78, 5) is 4.62. The molecule has 2 rings (SSSR count). The highest BCUT2D eigenvalue weighted by atomic mass is 32.1. The number of rotatable bonds is 4.